The Balaban J connectivity index is 2.06. The first-order valence-corrected chi connectivity index (χ1v) is 7.17. The molecule has 0 bridgehead atoms. The molecule has 0 radical (unpaired) electrons. The van der Waals surface area contributed by atoms with Crippen molar-refractivity contribution in [1.82, 2.24) is 4.90 Å². The number of hydrogen-bond donors (Lipinski definition) is 1. The number of hydrogen-bond acceptors (Lipinski definition) is 2. The first-order chi connectivity index (χ1) is 9.09. The number of carbonyl (C=O) groups excluding carboxylic acids is 1. The van der Waals surface area contributed by atoms with Gasteiger partial charge >= 0.3 is 6.03 Å². The van der Waals surface area contributed by atoms with E-state index in [9.17, 15) is 4.79 Å². The quantitative estimate of drug-likeness (QED) is 0.879. The molecular weight excluding hydrogens is 280 g/mol. The number of benzene rings is 1. The van der Waals surface area contributed by atoms with E-state index in [0.29, 0.717) is 10.7 Å². The van der Waals surface area contributed by atoms with Crippen molar-refractivity contribution in [3.63, 3.8) is 0 Å². The Morgan fingerprint density at radius 3 is 2.68 bits per heavy atom. The number of carbonyl (C=O) groups is 1. The molecule has 2 aromatic rings. The Morgan fingerprint density at radius 2 is 2.05 bits per heavy atom. The van der Waals surface area contributed by atoms with E-state index in [1.54, 1.807) is 35.4 Å². The molecule has 100 valence electrons. The Morgan fingerprint density at radius 1 is 1.32 bits per heavy atom. The fourth-order valence-electron chi connectivity index (χ4n) is 1.66. The molecule has 1 atom stereocenters. The molecule has 0 saturated heterocycles. The zero-order valence-electron chi connectivity index (χ0n) is 10.8. The number of para-hydroxylation sites is 1. The van der Waals surface area contributed by atoms with Crippen molar-refractivity contribution in [2.24, 2.45) is 0 Å². The van der Waals surface area contributed by atoms with Crippen LogP contribution in [0.2, 0.25) is 5.02 Å². The molecule has 0 spiro atoms. The lowest BCUT2D eigenvalue weighted by molar-refractivity contribution is 0.209. The van der Waals surface area contributed by atoms with Crippen LogP contribution in [0.5, 0.6) is 0 Å². The van der Waals surface area contributed by atoms with Crippen LogP contribution in [0.3, 0.4) is 0 Å². The third-order valence-electron chi connectivity index (χ3n) is 2.97. The molecule has 0 aliphatic rings. The number of rotatable bonds is 3. The largest absolute Gasteiger partial charge is 0.322 e. The van der Waals surface area contributed by atoms with E-state index in [1.165, 1.54) is 0 Å². The summed E-state index contributed by atoms with van der Waals surface area (Å²) < 4.78 is 0. The van der Waals surface area contributed by atoms with Gasteiger partial charge in [0.05, 0.1) is 16.8 Å². The smallest absolute Gasteiger partial charge is 0.320 e. The number of anilines is 1. The van der Waals surface area contributed by atoms with Gasteiger partial charge in [0.2, 0.25) is 0 Å². The number of amides is 2. The van der Waals surface area contributed by atoms with Gasteiger partial charge in [-0.05, 0) is 30.5 Å². The number of urea groups is 1. The Labute approximate surface area is 121 Å². The molecule has 1 aromatic heterocycles. The summed E-state index contributed by atoms with van der Waals surface area (Å²) in [6.45, 7) is 2.00. The van der Waals surface area contributed by atoms with Crippen LogP contribution in [-0.2, 0) is 0 Å². The molecular formula is C14H15ClN2OS. The van der Waals surface area contributed by atoms with Gasteiger partial charge in [-0.25, -0.2) is 4.79 Å². The van der Waals surface area contributed by atoms with Gasteiger partial charge in [-0.2, -0.15) is 0 Å². The van der Waals surface area contributed by atoms with Crippen molar-refractivity contribution in [2.75, 3.05) is 12.4 Å². The standard InChI is InChI=1S/C14H15ClN2OS/c1-10(13-8-5-9-19-13)17(2)14(18)16-12-7-4-3-6-11(12)15/h3-10H,1-2H3,(H,16,18). The van der Waals surface area contributed by atoms with Crippen LogP contribution >= 0.6 is 22.9 Å². The molecule has 1 N–H and O–H groups in total. The number of nitrogens with one attached hydrogen (secondary N) is 1. The molecule has 0 fully saturated rings. The van der Waals surface area contributed by atoms with E-state index in [2.05, 4.69) is 5.32 Å². The van der Waals surface area contributed by atoms with E-state index in [4.69, 9.17) is 11.6 Å². The van der Waals surface area contributed by atoms with Gasteiger partial charge in [0, 0.05) is 11.9 Å². The third kappa shape index (κ3) is 3.28. The zero-order chi connectivity index (χ0) is 13.8. The maximum atomic E-state index is 12.2. The third-order valence-corrected chi connectivity index (χ3v) is 4.34. The molecule has 5 heteroatoms. The van der Waals surface area contributed by atoms with E-state index in [1.807, 2.05) is 36.6 Å². The lowest BCUT2D eigenvalue weighted by Crippen LogP contribution is -2.33. The first-order valence-electron chi connectivity index (χ1n) is 5.91. The maximum absolute atomic E-state index is 12.2. The highest BCUT2D eigenvalue weighted by atomic mass is 35.5. The molecule has 0 saturated carbocycles. The fourth-order valence-corrected chi connectivity index (χ4v) is 2.67. The van der Waals surface area contributed by atoms with Gasteiger partial charge in [-0.15, -0.1) is 11.3 Å². The SMILES string of the molecule is CC(c1cccs1)N(C)C(=O)Nc1ccccc1Cl. The van der Waals surface area contributed by atoms with Gasteiger partial charge in [0.15, 0.2) is 0 Å². The first kappa shape index (κ1) is 13.9. The van der Waals surface area contributed by atoms with Crippen LogP contribution in [0.25, 0.3) is 0 Å². The molecule has 0 aliphatic carbocycles. The Kier molecular flexibility index (Phi) is 4.45. The van der Waals surface area contributed by atoms with Crippen molar-refractivity contribution in [1.29, 1.82) is 0 Å². The van der Waals surface area contributed by atoms with E-state index >= 15 is 0 Å². The van der Waals surface area contributed by atoms with Gasteiger partial charge in [-0.1, -0.05) is 29.8 Å². The van der Waals surface area contributed by atoms with Gasteiger partial charge in [0.25, 0.3) is 0 Å². The van der Waals surface area contributed by atoms with Crippen molar-refractivity contribution in [3.05, 3.63) is 51.7 Å². The minimum Gasteiger partial charge on any atom is -0.320 e. The zero-order valence-corrected chi connectivity index (χ0v) is 12.3. The second kappa shape index (κ2) is 6.08. The van der Waals surface area contributed by atoms with Crippen LogP contribution in [0.1, 0.15) is 17.8 Å². The number of thiophene rings is 1. The summed E-state index contributed by atoms with van der Waals surface area (Å²) in [6, 6.07) is 11.1. The summed E-state index contributed by atoms with van der Waals surface area (Å²) in [7, 11) is 1.77. The second-order valence-corrected chi connectivity index (χ2v) is 5.60. The highest BCUT2D eigenvalue weighted by molar-refractivity contribution is 7.10. The Bertz CT molecular complexity index is 556. The highest BCUT2D eigenvalue weighted by Crippen LogP contribution is 2.25. The second-order valence-electron chi connectivity index (χ2n) is 4.21. The average molecular weight is 295 g/mol. The van der Waals surface area contributed by atoms with Crippen LogP contribution in [0, 0.1) is 0 Å². The molecule has 19 heavy (non-hydrogen) atoms. The predicted molar refractivity (Wildman–Crippen MR) is 81.0 cm³/mol. The van der Waals surface area contributed by atoms with Crippen molar-refractivity contribution in [3.8, 4) is 0 Å². The lowest BCUT2D eigenvalue weighted by atomic mass is 10.2. The van der Waals surface area contributed by atoms with Gasteiger partial charge in [0.1, 0.15) is 0 Å². The van der Waals surface area contributed by atoms with Crippen LogP contribution < -0.4 is 5.32 Å². The van der Waals surface area contributed by atoms with E-state index in [-0.39, 0.29) is 12.1 Å². The van der Waals surface area contributed by atoms with Gasteiger partial charge < -0.3 is 10.2 Å². The van der Waals surface area contributed by atoms with E-state index in [0.717, 1.165) is 4.88 Å². The number of halogens is 1. The number of nitrogens with zero attached hydrogens (tertiary/aromatic N) is 1. The summed E-state index contributed by atoms with van der Waals surface area (Å²) in [5.41, 5.74) is 0.624. The summed E-state index contributed by atoms with van der Waals surface area (Å²) in [6.07, 6.45) is 0. The Hall–Kier alpha value is -1.52. The normalized spacial score (nSPS) is 11.9. The summed E-state index contributed by atoms with van der Waals surface area (Å²) >= 11 is 7.66. The summed E-state index contributed by atoms with van der Waals surface area (Å²) in [5, 5.41) is 5.35. The van der Waals surface area contributed by atoms with Crippen molar-refractivity contribution >= 4 is 34.7 Å². The van der Waals surface area contributed by atoms with Crippen molar-refractivity contribution < 1.29 is 4.79 Å². The predicted octanol–water partition coefficient (Wildman–Crippen LogP) is 4.63. The molecule has 3 nitrogen and oxygen atoms in total. The lowest BCUT2D eigenvalue weighted by Gasteiger charge is -2.24. The molecule has 1 unspecified atom stereocenters. The van der Waals surface area contributed by atoms with Crippen LogP contribution in [0.4, 0.5) is 10.5 Å². The molecule has 1 aromatic carbocycles. The van der Waals surface area contributed by atoms with Crippen LogP contribution in [-0.4, -0.2) is 18.0 Å². The summed E-state index contributed by atoms with van der Waals surface area (Å²) in [5.74, 6) is 0. The summed E-state index contributed by atoms with van der Waals surface area (Å²) in [4.78, 5) is 15.0. The van der Waals surface area contributed by atoms with Crippen LogP contribution in [0.15, 0.2) is 41.8 Å². The van der Waals surface area contributed by atoms with Crippen molar-refractivity contribution in [2.45, 2.75) is 13.0 Å². The van der Waals surface area contributed by atoms with Gasteiger partial charge in [-0.3, -0.25) is 0 Å². The highest BCUT2D eigenvalue weighted by Gasteiger charge is 2.18. The topological polar surface area (TPSA) is 32.3 Å². The van der Waals surface area contributed by atoms with E-state index < -0.39 is 0 Å². The molecule has 1 heterocycles. The monoisotopic (exact) mass is 294 g/mol. The molecule has 2 rings (SSSR count). The minimum atomic E-state index is -0.172. The molecule has 2 amide bonds. The maximum Gasteiger partial charge on any atom is 0.322 e. The molecule has 0 aliphatic heterocycles. The fraction of sp³-hybridized carbons (Fsp3) is 0.214. The minimum absolute atomic E-state index is 0.0301. The average Bonchev–Trinajstić information content (AvgIpc) is 2.93.